The van der Waals surface area contributed by atoms with Crippen molar-refractivity contribution in [3.8, 4) is 0 Å². The van der Waals surface area contributed by atoms with Gasteiger partial charge in [-0.3, -0.25) is 9.89 Å². The summed E-state index contributed by atoms with van der Waals surface area (Å²) < 4.78 is 9.92. The van der Waals surface area contributed by atoms with E-state index in [-0.39, 0.29) is 30.3 Å². The number of amides is 1. The smallest absolute Gasteiger partial charge is 0.336 e. The fourth-order valence-corrected chi connectivity index (χ4v) is 1.94. The monoisotopic (exact) mass is 296 g/mol. The zero-order valence-electron chi connectivity index (χ0n) is 12.7. The molecule has 1 aromatic heterocycles. The van der Waals surface area contributed by atoms with E-state index in [1.165, 1.54) is 12.0 Å². The lowest BCUT2D eigenvalue weighted by molar-refractivity contribution is -0.158. The number of hydrogen-bond donors (Lipinski definition) is 1. The van der Waals surface area contributed by atoms with E-state index in [4.69, 9.17) is 4.74 Å². The standard InChI is InChI=1S/C13H20N4O4/c1-13(2,3)12-14-9(15-16-12)10(18)17-5-6-21-8(7-17)11(19)20-4/h8H,5-7H2,1-4H3,(H,14,15,16). The number of H-pyrrole nitrogens is 1. The van der Waals surface area contributed by atoms with Gasteiger partial charge in [0.05, 0.1) is 20.3 Å². The van der Waals surface area contributed by atoms with Gasteiger partial charge in [0, 0.05) is 12.0 Å². The quantitative estimate of drug-likeness (QED) is 0.778. The molecule has 8 heteroatoms. The van der Waals surface area contributed by atoms with Crippen molar-refractivity contribution in [1.82, 2.24) is 20.1 Å². The molecule has 0 saturated carbocycles. The first-order valence-electron chi connectivity index (χ1n) is 6.74. The summed E-state index contributed by atoms with van der Waals surface area (Å²) in [4.78, 5) is 29.6. The van der Waals surface area contributed by atoms with Gasteiger partial charge < -0.3 is 14.4 Å². The molecule has 0 spiro atoms. The highest BCUT2D eigenvalue weighted by Crippen LogP contribution is 2.18. The summed E-state index contributed by atoms with van der Waals surface area (Å²) in [5.74, 6) is -0.0640. The van der Waals surface area contributed by atoms with E-state index >= 15 is 0 Å². The maximum atomic E-state index is 12.4. The summed E-state index contributed by atoms with van der Waals surface area (Å²) in [5, 5.41) is 6.74. The SMILES string of the molecule is COC(=O)C1CN(C(=O)c2n[nH]c(C(C)(C)C)n2)CCO1. The van der Waals surface area contributed by atoms with E-state index in [0.29, 0.717) is 12.4 Å². The van der Waals surface area contributed by atoms with Gasteiger partial charge in [-0.15, -0.1) is 5.10 Å². The highest BCUT2D eigenvalue weighted by Gasteiger charge is 2.32. The number of methoxy groups -OCH3 is 1. The Morgan fingerprint density at radius 3 is 2.71 bits per heavy atom. The summed E-state index contributed by atoms with van der Waals surface area (Å²) in [6, 6.07) is 0. The molecule has 1 aliphatic rings. The van der Waals surface area contributed by atoms with Crippen molar-refractivity contribution >= 4 is 11.9 Å². The molecule has 0 bridgehead atoms. The number of carbonyl (C=O) groups excluding carboxylic acids is 2. The number of aromatic amines is 1. The van der Waals surface area contributed by atoms with Gasteiger partial charge in [0.25, 0.3) is 5.91 Å². The molecule has 21 heavy (non-hydrogen) atoms. The molecule has 1 fully saturated rings. The molecule has 1 atom stereocenters. The largest absolute Gasteiger partial charge is 0.467 e. The average molecular weight is 296 g/mol. The molecule has 1 N–H and O–H groups in total. The van der Waals surface area contributed by atoms with Crippen LogP contribution >= 0.6 is 0 Å². The van der Waals surface area contributed by atoms with Crippen LogP contribution in [0.5, 0.6) is 0 Å². The maximum Gasteiger partial charge on any atom is 0.336 e. The van der Waals surface area contributed by atoms with Crippen molar-refractivity contribution in [3.63, 3.8) is 0 Å². The van der Waals surface area contributed by atoms with Crippen LogP contribution in [0.4, 0.5) is 0 Å². The van der Waals surface area contributed by atoms with Crippen LogP contribution in [-0.4, -0.2) is 64.9 Å². The number of carbonyl (C=O) groups is 2. The maximum absolute atomic E-state index is 12.4. The lowest BCUT2D eigenvalue weighted by Gasteiger charge is -2.30. The summed E-state index contributed by atoms with van der Waals surface area (Å²) >= 11 is 0. The second-order valence-electron chi connectivity index (χ2n) is 5.89. The predicted octanol–water partition coefficient (Wildman–Crippen LogP) is 0.116. The van der Waals surface area contributed by atoms with Crippen molar-refractivity contribution in [2.45, 2.75) is 32.3 Å². The Morgan fingerprint density at radius 2 is 2.14 bits per heavy atom. The summed E-state index contributed by atoms with van der Waals surface area (Å²) in [5.41, 5.74) is -0.217. The molecule has 1 saturated heterocycles. The van der Waals surface area contributed by atoms with Crippen LogP contribution in [0.1, 0.15) is 37.2 Å². The van der Waals surface area contributed by atoms with E-state index in [1.807, 2.05) is 20.8 Å². The van der Waals surface area contributed by atoms with Crippen LogP contribution in [0.2, 0.25) is 0 Å². The number of morpholine rings is 1. The third-order valence-electron chi connectivity index (χ3n) is 3.20. The lowest BCUT2D eigenvalue weighted by atomic mass is 9.96. The fraction of sp³-hybridized carbons (Fsp3) is 0.692. The summed E-state index contributed by atoms with van der Waals surface area (Å²) in [6.45, 7) is 6.75. The van der Waals surface area contributed by atoms with E-state index in [2.05, 4.69) is 19.9 Å². The van der Waals surface area contributed by atoms with E-state index in [1.54, 1.807) is 0 Å². The number of hydrogen-bond acceptors (Lipinski definition) is 6. The highest BCUT2D eigenvalue weighted by molar-refractivity contribution is 5.91. The van der Waals surface area contributed by atoms with Gasteiger partial charge in [-0.1, -0.05) is 20.8 Å². The summed E-state index contributed by atoms with van der Waals surface area (Å²) in [6.07, 6.45) is -0.756. The summed E-state index contributed by atoms with van der Waals surface area (Å²) in [7, 11) is 1.29. The molecule has 1 amide bonds. The van der Waals surface area contributed by atoms with Crippen molar-refractivity contribution in [1.29, 1.82) is 0 Å². The normalized spacial score (nSPS) is 19.4. The van der Waals surface area contributed by atoms with Crippen LogP contribution < -0.4 is 0 Å². The van der Waals surface area contributed by atoms with E-state index in [0.717, 1.165) is 0 Å². The number of ether oxygens (including phenoxy) is 2. The first-order valence-corrected chi connectivity index (χ1v) is 6.74. The molecule has 1 aromatic rings. The molecular formula is C13H20N4O4. The van der Waals surface area contributed by atoms with Crippen LogP contribution in [0, 0.1) is 0 Å². The Morgan fingerprint density at radius 1 is 1.43 bits per heavy atom. The number of rotatable bonds is 2. The van der Waals surface area contributed by atoms with Gasteiger partial charge in [-0.25, -0.2) is 9.78 Å². The molecule has 1 aliphatic heterocycles. The van der Waals surface area contributed by atoms with Crippen molar-refractivity contribution in [3.05, 3.63) is 11.6 Å². The fourth-order valence-electron chi connectivity index (χ4n) is 1.94. The Hall–Kier alpha value is -1.96. The highest BCUT2D eigenvalue weighted by atomic mass is 16.6. The van der Waals surface area contributed by atoms with Gasteiger partial charge in [0.2, 0.25) is 5.82 Å². The van der Waals surface area contributed by atoms with E-state index < -0.39 is 12.1 Å². The molecule has 2 heterocycles. The second kappa shape index (κ2) is 5.80. The second-order valence-corrected chi connectivity index (χ2v) is 5.89. The third kappa shape index (κ3) is 3.38. The molecular weight excluding hydrogens is 276 g/mol. The van der Waals surface area contributed by atoms with Crippen molar-refractivity contribution < 1.29 is 19.1 Å². The van der Waals surface area contributed by atoms with Crippen molar-refractivity contribution in [2.24, 2.45) is 0 Å². The number of nitrogens with one attached hydrogen (secondary N) is 1. The number of nitrogens with zero attached hydrogens (tertiary/aromatic N) is 3. The number of esters is 1. The molecule has 0 aromatic carbocycles. The van der Waals surface area contributed by atoms with E-state index in [9.17, 15) is 9.59 Å². The minimum Gasteiger partial charge on any atom is -0.467 e. The van der Waals surface area contributed by atoms with Gasteiger partial charge in [-0.2, -0.15) is 0 Å². The molecule has 1 unspecified atom stereocenters. The van der Waals surface area contributed by atoms with Gasteiger partial charge in [-0.05, 0) is 0 Å². The Kier molecular flexibility index (Phi) is 4.26. The molecule has 2 rings (SSSR count). The van der Waals surface area contributed by atoms with Gasteiger partial charge in [0.15, 0.2) is 6.10 Å². The minimum absolute atomic E-state index is 0.102. The first-order chi connectivity index (χ1) is 9.82. The lowest BCUT2D eigenvalue weighted by Crippen LogP contribution is -2.49. The predicted molar refractivity (Wildman–Crippen MR) is 72.7 cm³/mol. The number of aromatic nitrogens is 3. The van der Waals surface area contributed by atoms with Crippen LogP contribution in [0.25, 0.3) is 0 Å². The third-order valence-corrected chi connectivity index (χ3v) is 3.20. The average Bonchev–Trinajstić information content (AvgIpc) is 2.95. The molecule has 0 aliphatic carbocycles. The van der Waals surface area contributed by atoms with Gasteiger partial charge >= 0.3 is 5.97 Å². The zero-order valence-corrected chi connectivity index (χ0v) is 12.7. The van der Waals surface area contributed by atoms with Gasteiger partial charge in [0.1, 0.15) is 5.82 Å². The Balaban J connectivity index is 2.09. The van der Waals surface area contributed by atoms with Crippen LogP contribution in [0.15, 0.2) is 0 Å². The molecule has 116 valence electrons. The molecule has 0 radical (unpaired) electrons. The van der Waals surface area contributed by atoms with Crippen LogP contribution in [-0.2, 0) is 19.7 Å². The molecule has 8 nitrogen and oxygen atoms in total. The zero-order chi connectivity index (χ0) is 15.6. The Bertz CT molecular complexity index is 535. The minimum atomic E-state index is -0.756. The van der Waals surface area contributed by atoms with Crippen molar-refractivity contribution in [2.75, 3.05) is 26.8 Å². The van der Waals surface area contributed by atoms with Crippen LogP contribution in [0.3, 0.4) is 0 Å². The Labute approximate surface area is 122 Å². The first kappa shape index (κ1) is 15.4. The topological polar surface area (TPSA) is 97.4 Å².